The molecule has 5 heteroatoms. The molecule has 0 aliphatic heterocycles. The van der Waals surface area contributed by atoms with Crippen LogP contribution in [-0.2, 0) is 0 Å². The summed E-state index contributed by atoms with van der Waals surface area (Å²) in [6, 6.07) is 14.7. The molecule has 3 aromatic rings. The Labute approximate surface area is 133 Å². The Bertz CT molecular complexity index is 847. The zero-order chi connectivity index (χ0) is 16.2. The zero-order valence-electron chi connectivity index (χ0n) is 12.5. The van der Waals surface area contributed by atoms with E-state index < -0.39 is 5.95 Å². The molecule has 3 rings (SSSR count). The van der Waals surface area contributed by atoms with Gasteiger partial charge in [-0.25, -0.2) is 0 Å². The molecule has 0 unspecified atom stereocenters. The predicted octanol–water partition coefficient (Wildman–Crippen LogP) is 2.23. The van der Waals surface area contributed by atoms with Crippen molar-refractivity contribution in [3.8, 4) is 11.6 Å². The van der Waals surface area contributed by atoms with Crippen LogP contribution in [0, 0.1) is 6.92 Å². The van der Waals surface area contributed by atoms with Gasteiger partial charge in [0, 0.05) is 17.7 Å². The second kappa shape index (κ2) is 6.27. The normalized spacial score (nSPS) is 11.0. The number of hydrogen-bond acceptors (Lipinski definition) is 4. The van der Waals surface area contributed by atoms with E-state index in [1.165, 1.54) is 16.4 Å². The number of hydrogen-bond donors (Lipinski definition) is 0. The highest BCUT2D eigenvalue weighted by Crippen LogP contribution is 2.09. The van der Waals surface area contributed by atoms with Crippen LogP contribution in [0.15, 0.2) is 65.3 Å². The maximum atomic E-state index is 12.2. The first kappa shape index (κ1) is 14.7. The van der Waals surface area contributed by atoms with Crippen LogP contribution >= 0.6 is 0 Å². The minimum Gasteiger partial charge on any atom is -0.539 e. The maximum Gasteiger partial charge on any atom is 0.239 e. The van der Waals surface area contributed by atoms with Crippen LogP contribution in [-0.4, -0.2) is 11.1 Å². The molecule has 0 spiro atoms. The van der Waals surface area contributed by atoms with Crippen molar-refractivity contribution in [1.29, 1.82) is 0 Å². The molecule has 114 valence electrons. The monoisotopic (exact) mass is 306 g/mol. The number of ketones is 1. The maximum absolute atomic E-state index is 12.2. The first-order valence-electron chi connectivity index (χ1n) is 7.07. The van der Waals surface area contributed by atoms with Crippen molar-refractivity contribution < 1.29 is 19.1 Å². The second-order valence-electron chi connectivity index (χ2n) is 5.12. The lowest BCUT2D eigenvalue weighted by atomic mass is 10.1. The molecule has 1 heterocycles. The van der Waals surface area contributed by atoms with Gasteiger partial charge in [-0.2, -0.15) is 0 Å². The molecule has 5 nitrogen and oxygen atoms in total. The van der Waals surface area contributed by atoms with Crippen molar-refractivity contribution in [2.75, 3.05) is 0 Å². The number of nitrogens with zero attached hydrogens (tertiary/aromatic N) is 2. The first-order chi connectivity index (χ1) is 11.1. The van der Waals surface area contributed by atoms with Crippen LogP contribution in [0.25, 0.3) is 11.8 Å². The molecule has 0 aliphatic rings. The third kappa shape index (κ3) is 3.52. The SMILES string of the molecule is Cc1ccc(/C=C/C(=O)c2ccc(-[n+]3cc([O-])on3)cc2)cc1. The van der Waals surface area contributed by atoms with Gasteiger partial charge in [0.15, 0.2) is 5.78 Å². The van der Waals surface area contributed by atoms with E-state index in [0.29, 0.717) is 11.3 Å². The van der Waals surface area contributed by atoms with Gasteiger partial charge in [0.25, 0.3) is 0 Å². The lowest BCUT2D eigenvalue weighted by molar-refractivity contribution is -0.670. The minimum absolute atomic E-state index is 0.0909. The molecule has 0 saturated carbocycles. The third-order valence-corrected chi connectivity index (χ3v) is 3.37. The number of carbonyl (C=O) groups is 1. The van der Waals surface area contributed by atoms with Gasteiger partial charge in [0.05, 0.1) is 5.27 Å². The third-order valence-electron chi connectivity index (χ3n) is 3.37. The summed E-state index contributed by atoms with van der Waals surface area (Å²) in [6.07, 6.45) is 4.55. The number of rotatable bonds is 4. The van der Waals surface area contributed by atoms with Crippen molar-refractivity contribution >= 4 is 11.9 Å². The number of allylic oxidation sites excluding steroid dienone is 1. The van der Waals surface area contributed by atoms with Gasteiger partial charge in [0.1, 0.15) is 5.95 Å². The molecular formula is C18H14N2O3. The van der Waals surface area contributed by atoms with E-state index in [2.05, 4.69) is 9.79 Å². The van der Waals surface area contributed by atoms with Gasteiger partial charge in [0.2, 0.25) is 11.9 Å². The lowest BCUT2D eigenvalue weighted by Gasteiger charge is -1.97. The Hall–Kier alpha value is -3.21. The Balaban J connectivity index is 1.73. The topological polar surface area (TPSA) is 70.0 Å². The van der Waals surface area contributed by atoms with Gasteiger partial charge in [-0.1, -0.05) is 35.9 Å². The van der Waals surface area contributed by atoms with Crippen LogP contribution < -0.4 is 9.79 Å². The van der Waals surface area contributed by atoms with E-state index in [9.17, 15) is 9.90 Å². The molecule has 0 amide bonds. The van der Waals surface area contributed by atoms with E-state index in [0.717, 1.165) is 5.56 Å². The Morgan fingerprint density at radius 1 is 1.13 bits per heavy atom. The average molecular weight is 306 g/mol. The van der Waals surface area contributed by atoms with E-state index in [4.69, 9.17) is 0 Å². The predicted molar refractivity (Wildman–Crippen MR) is 82.0 cm³/mol. The fourth-order valence-electron chi connectivity index (χ4n) is 2.08. The summed E-state index contributed by atoms with van der Waals surface area (Å²) in [5.41, 5.74) is 3.36. The highest BCUT2D eigenvalue weighted by atomic mass is 16.6. The van der Waals surface area contributed by atoms with E-state index >= 15 is 0 Å². The molecule has 0 N–H and O–H groups in total. The Morgan fingerprint density at radius 2 is 1.83 bits per heavy atom. The largest absolute Gasteiger partial charge is 0.539 e. The van der Waals surface area contributed by atoms with Crippen molar-refractivity contribution in [1.82, 2.24) is 5.27 Å². The Kier molecular flexibility index (Phi) is 4.01. The standard InChI is InChI=1S/C18H14N2O3/c1-13-2-4-14(5-3-13)6-11-17(21)15-7-9-16(10-8-15)20-12-18(22)23-19-20/h2-12H,1H3/b11-6+. The quantitative estimate of drug-likeness (QED) is 0.421. The molecule has 0 atom stereocenters. The van der Waals surface area contributed by atoms with E-state index in [1.54, 1.807) is 36.4 Å². The highest BCUT2D eigenvalue weighted by molar-refractivity contribution is 6.06. The van der Waals surface area contributed by atoms with Crippen LogP contribution in [0.5, 0.6) is 5.95 Å². The molecule has 0 bridgehead atoms. The molecule has 23 heavy (non-hydrogen) atoms. The van der Waals surface area contributed by atoms with Gasteiger partial charge in [-0.3, -0.25) is 4.79 Å². The average Bonchev–Trinajstić information content (AvgIpc) is 3.01. The van der Waals surface area contributed by atoms with E-state index in [1.807, 2.05) is 31.2 Å². The molecular weight excluding hydrogens is 292 g/mol. The summed E-state index contributed by atoms with van der Waals surface area (Å²) in [7, 11) is 0. The number of benzene rings is 2. The van der Waals surface area contributed by atoms with Crippen LogP contribution in [0.3, 0.4) is 0 Å². The van der Waals surface area contributed by atoms with Gasteiger partial charge in [-0.05, 0) is 35.4 Å². The highest BCUT2D eigenvalue weighted by Gasteiger charge is 2.10. The first-order valence-corrected chi connectivity index (χ1v) is 7.07. The molecule has 0 aliphatic carbocycles. The van der Waals surface area contributed by atoms with Crippen molar-refractivity contribution in [3.05, 3.63) is 77.5 Å². The van der Waals surface area contributed by atoms with Gasteiger partial charge in [-0.15, -0.1) is 0 Å². The summed E-state index contributed by atoms with van der Waals surface area (Å²) >= 11 is 0. The van der Waals surface area contributed by atoms with Gasteiger partial charge >= 0.3 is 0 Å². The number of aryl methyl sites for hydroxylation is 1. The molecule has 1 aromatic heterocycles. The minimum atomic E-state index is -0.522. The molecule has 0 saturated heterocycles. The van der Waals surface area contributed by atoms with Crippen molar-refractivity contribution in [2.24, 2.45) is 0 Å². The molecule has 2 aromatic carbocycles. The van der Waals surface area contributed by atoms with Gasteiger partial charge < -0.3 is 9.63 Å². The van der Waals surface area contributed by atoms with Crippen molar-refractivity contribution in [3.63, 3.8) is 0 Å². The fourth-order valence-corrected chi connectivity index (χ4v) is 2.08. The summed E-state index contributed by atoms with van der Waals surface area (Å²) in [4.78, 5) is 12.2. The summed E-state index contributed by atoms with van der Waals surface area (Å²) < 4.78 is 5.79. The molecule has 0 radical (unpaired) electrons. The number of aromatic nitrogens is 2. The van der Waals surface area contributed by atoms with Crippen LogP contribution in [0.2, 0.25) is 0 Å². The van der Waals surface area contributed by atoms with E-state index in [-0.39, 0.29) is 5.78 Å². The zero-order valence-corrected chi connectivity index (χ0v) is 12.5. The fraction of sp³-hybridized carbons (Fsp3) is 0.0556. The second-order valence-corrected chi connectivity index (χ2v) is 5.12. The van der Waals surface area contributed by atoms with Crippen LogP contribution in [0.1, 0.15) is 21.5 Å². The number of carbonyl (C=O) groups excluding carboxylic acids is 1. The summed E-state index contributed by atoms with van der Waals surface area (Å²) in [6.45, 7) is 2.02. The lowest BCUT2D eigenvalue weighted by Crippen LogP contribution is -2.31. The summed E-state index contributed by atoms with van der Waals surface area (Å²) in [5, 5.41) is 14.5. The smallest absolute Gasteiger partial charge is 0.239 e. The summed E-state index contributed by atoms with van der Waals surface area (Å²) in [5.74, 6) is -0.613. The molecule has 0 fully saturated rings. The Morgan fingerprint density at radius 3 is 2.43 bits per heavy atom. The van der Waals surface area contributed by atoms with Crippen molar-refractivity contribution in [2.45, 2.75) is 6.92 Å². The van der Waals surface area contributed by atoms with Crippen LogP contribution in [0.4, 0.5) is 0 Å².